The van der Waals surface area contributed by atoms with Crippen LogP contribution in [0, 0.1) is 12.7 Å². The van der Waals surface area contributed by atoms with Crippen LogP contribution < -0.4 is 5.73 Å². The standard InChI is InChI=1S/C15H13FN2S/c1-9-18-14-7-11(3-5-15(14)19-9)12-6-10(8-17)2-4-13(12)16/h2-7H,8,17H2,1H3. The Kier molecular flexibility index (Phi) is 3.05. The smallest absolute Gasteiger partial charge is 0.131 e. The van der Waals surface area contributed by atoms with Gasteiger partial charge in [-0.15, -0.1) is 11.3 Å². The highest BCUT2D eigenvalue weighted by Crippen LogP contribution is 2.29. The highest BCUT2D eigenvalue weighted by Gasteiger charge is 2.08. The van der Waals surface area contributed by atoms with Gasteiger partial charge in [0.1, 0.15) is 5.82 Å². The number of halogens is 1. The fraction of sp³-hybridized carbons (Fsp3) is 0.133. The maximum Gasteiger partial charge on any atom is 0.131 e. The molecule has 0 radical (unpaired) electrons. The second-order valence-corrected chi connectivity index (χ2v) is 5.67. The lowest BCUT2D eigenvalue weighted by molar-refractivity contribution is 0.630. The molecule has 0 spiro atoms. The molecule has 96 valence electrons. The number of aromatic nitrogens is 1. The summed E-state index contributed by atoms with van der Waals surface area (Å²) in [6.07, 6.45) is 0. The zero-order valence-electron chi connectivity index (χ0n) is 10.5. The quantitative estimate of drug-likeness (QED) is 0.769. The van der Waals surface area contributed by atoms with Crippen LogP contribution in [0.15, 0.2) is 36.4 Å². The molecular weight excluding hydrogens is 259 g/mol. The van der Waals surface area contributed by atoms with E-state index in [0.717, 1.165) is 26.4 Å². The van der Waals surface area contributed by atoms with Gasteiger partial charge in [-0.2, -0.15) is 0 Å². The number of nitrogens with zero attached hydrogens (tertiary/aromatic N) is 1. The summed E-state index contributed by atoms with van der Waals surface area (Å²) >= 11 is 1.64. The second-order valence-electron chi connectivity index (χ2n) is 4.43. The van der Waals surface area contributed by atoms with E-state index in [-0.39, 0.29) is 5.82 Å². The van der Waals surface area contributed by atoms with E-state index in [9.17, 15) is 4.39 Å². The molecule has 2 aromatic carbocycles. The van der Waals surface area contributed by atoms with Crippen LogP contribution in [0.2, 0.25) is 0 Å². The molecule has 0 aliphatic rings. The number of aryl methyl sites for hydroxylation is 1. The first kappa shape index (κ1) is 12.3. The third kappa shape index (κ3) is 2.25. The molecule has 0 aliphatic carbocycles. The Morgan fingerprint density at radius 3 is 2.84 bits per heavy atom. The zero-order chi connectivity index (χ0) is 13.4. The highest BCUT2D eigenvalue weighted by atomic mass is 32.1. The van der Waals surface area contributed by atoms with Crippen LogP contribution in [-0.2, 0) is 6.54 Å². The van der Waals surface area contributed by atoms with Crippen LogP contribution in [0.4, 0.5) is 4.39 Å². The number of rotatable bonds is 2. The van der Waals surface area contributed by atoms with E-state index in [1.54, 1.807) is 23.5 Å². The van der Waals surface area contributed by atoms with E-state index in [1.165, 1.54) is 6.07 Å². The topological polar surface area (TPSA) is 38.9 Å². The van der Waals surface area contributed by atoms with Gasteiger partial charge in [-0.3, -0.25) is 0 Å². The molecule has 4 heteroatoms. The van der Waals surface area contributed by atoms with Gasteiger partial charge in [-0.1, -0.05) is 12.1 Å². The van der Waals surface area contributed by atoms with Crippen molar-refractivity contribution in [3.05, 3.63) is 52.8 Å². The summed E-state index contributed by atoms with van der Waals surface area (Å²) in [5, 5.41) is 1.02. The van der Waals surface area contributed by atoms with Crippen LogP contribution in [0.25, 0.3) is 21.3 Å². The molecule has 0 unspecified atom stereocenters. The normalized spacial score (nSPS) is 11.1. The van der Waals surface area contributed by atoms with Crippen LogP contribution in [0.5, 0.6) is 0 Å². The number of thiazole rings is 1. The molecule has 0 fully saturated rings. The van der Waals surface area contributed by atoms with Gasteiger partial charge >= 0.3 is 0 Å². The van der Waals surface area contributed by atoms with Crippen molar-refractivity contribution in [3.8, 4) is 11.1 Å². The lowest BCUT2D eigenvalue weighted by Gasteiger charge is -2.06. The fourth-order valence-electron chi connectivity index (χ4n) is 2.13. The average Bonchev–Trinajstić information content (AvgIpc) is 2.78. The first-order chi connectivity index (χ1) is 9.17. The fourth-order valence-corrected chi connectivity index (χ4v) is 2.94. The molecule has 0 aliphatic heterocycles. The van der Waals surface area contributed by atoms with Crippen molar-refractivity contribution in [3.63, 3.8) is 0 Å². The predicted octanol–water partition coefficient (Wildman–Crippen LogP) is 3.87. The minimum Gasteiger partial charge on any atom is -0.326 e. The average molecular weight is 272 g/mol. The summed E-state index contributed by atoms with van der Waals surface area (Å²) in [5.41, 5.74) is 8.86. The minimum absolute atomic E-state index is 0.233. The molecule has 0 amide bonds. The lowest BCUT2D eigenvalue weighted by Crippen LogP contribution is -1.97. The Bertz CT molecular complexity index is 749. The van der Waals surface area contributed by atoms with Gasteiger partial charge in [-0.25, -0.2) is 9.37 Å². The Morgan fingerprint density at radius 2 is 2.05 bits per heavy atom. The van der Waals surface area contributed by atoms with E-state index in [4.69, 9.17) is 5.73 Å². The number of hydrogen-bond acceptors (Lipinski definition) is 3. The van der Waals surface area contributed by atoms with Crippen molar-refractivity contribution in [2.24, 2.45) is 5.73 Å². The van der Waals surface area contributed by atoms with Crippen molar-refractivity contribution >= 4 is 21.6 Å². The molecule has 0 bridgehead atoms. The van der Waals surface area contributed by atoms with Gasteiger partial charge in [0.25, 0.3) is 0 Å². The Labute approximate surface area is 114 Å². The molecule has 2 nitrogen and oxygen atoms in total. The molecule has 1 heterocycles. The van der Waals surface area contributed by atoms with Crippen molar-refractivity contribution in [1.29, 1.82) is 0 Å². The molecule has 0 atom stereocenters. The maximum atomic E-state index is 13.9. The van der Waals surface area contributed by atoms with Crippen molar-refractivity contribution in [1.82, 2.24) is 4.98 Å². The third-order valence-corrected chi connectivity index (χ3v) is 4.02. The number of benzene rings is 2. The van der Waals surface area contributed by atoms with Gasteiger partial charge in [0.15, 0.2) is 0 Å². The summed E-state index contributed by atoms with van der Waals surface area (Å²) in [5.74, 6) is -0.233. The van der Waals surface area contributed by atoms with Crippen molar-refractivity contribution < 1.29 is 4.39 Å². The van der Waals surface area contributed by atoms with Gasteiger partial charge in [0, 0.05) is 12.1 Å². The SMILES string of the molecule is Cc1nc2cc(-c3cc(CN)ccc3F)ccc2s1. The van der Waals surface area contributed by atoms with Gasteiger partial charge in [0.2, 0.25) is 0 Å². The molecule has 3 rings (SSSR count). The molecule has 2 N–H and O–H groups in total. The van der Waals surface area contributed by atoms with Crippen LogP contribution in [-0.4, -0.2) is 4.98 Å². The van der Waals surface area contributed by atoms with Crippen LogP contribution in [0.3, 0.4) is 0 Å². The number of fused-ring (bicyclic) bond motifs is 1. The molecule has 0 saturated heterocycles. The van der Waals surface area contributed by atoms with E-state index in [2.05, 4.69) is 4.98 Å². The summed E-state index contributed by atoms with van der Waals surface area (Å²) in [6, 6.07) is 10.8. The molecule has 19 heavy (non-hydrogen) atoms. The van der Waals surface area contributed by atoms with Crippen LogP contribution >= 0.6 is 11.3 Å². The molecule has 1 aromatic heterocycles. The van der Waals surface area contributed by atoms with Crippen LogP contribution in [0.1, 0.15) is 10.6 Å². The molecule has 3 aromatic rings. The summed E-state index contributed by atoms with van der Waals surface area (Å²) < 4.78 is 15.1. The van der Waals surface area contributed by atoms with E-state index >= 15 is 0 Å². The van der Waals surface area contributed by atoms with E-state index in [0.29, 0.717) is 12.1 Å². The Balaban J connectivity index is 2.17. The first-order valence-electron chi connectivity index (χ1n) is 6.03. The van der Waals surface area contributed by atoms with E-state index in [1.807, 2.05) is 25.1 Å². The molecule has 0 saturated carbocycles. The first-order valence-corrected chi connectivity index (χ1v) is 6.85. The highest BCUT2D eigenvalue weighted by molar-refractivity contribution is 7.18. The van der Waals surface area contributed by atoms with Gasteiger partial charge in [-0.05, 0) is 42.3 Å². The van der Waals surface area contributed by atoms with Crippen molar-refractivity contribution in [2.75, 3.05) is 0 Å². The van der Waals surface area contributed by atoms with E-state index < -0.39 is 0 Å². The second kappa shape index (κ2) is 4.72. The summed E-state index contributed by atoms with van der Waals surface area (Å²) in [4.78, 5) is 4.44. The minimum atomic E-state index is -0.233. The predicted molar refractivity (Wildman–Crippen MR) is 77.6 cm³/mol. The third-order valence-electron chi connectivity index (χ3n) is 3.07. The van der Waals surface area contributed by atoms with Crippen molar-refractivity contribution in [2.45, 2.75) is 13.5 Å². The largest absolute Gasteiger partial charge is 0.326 e. The Morgan fingerprint density at radius 1 is 1.21 bits per heavy atom. The molecular formula is C15H13FN2S. The maximum absolute atomic E-state index is 13.9. The Hall–Kier alpha value is -1.78. The number of nitrogens with two attached hydrogens (primary N) is 1. The summed E-state index contributed by atoms with van der Waals surface area (Å²) in [6.45, 7) is 2.38. The monoisotopic (exact) mass is 272 g/mol. The number of hydrogen-bond donors (Lipinski definition) is 1. The summed E-state index contributed by atoms with van der Waals surface area (Å²) in [7, 11) is 0. The lowest BCUT2D eigenvalue weighted by atomic mass is 10.0. The zero-order valence-corrected chi connectivity index (χ0v) is 11.3. The van der Waals surface area contributed by atoms with Gasteiger partial charge < -0.3 is 5.73 Å². The van der Waals surface area contributed by atoms with Gasteiger partial charge in [0.05, 0.1) is 15.2 Å².